The predicted molar refractivity (Wildman–Crippen MR) is 112 cm³/mol. The Labute approximate surface area is 177 Å². The van der Waals surface area contributed by atoms with Crippen molar-refractivity contribution >= 4 is 15.9 Å². The molecule has 0 aliphatic carbocycles. The maximum absolute atomic E-state index is 13.1. The number of rotatable bonds is 6. The van der Waals surface area contributed by atoms with Crippen LogP contribution in [0.25, 0.3) is 0 Å². The number of methoxy groups -OCH3 is 3. The minimum atomic E-state index is -3.65. The molecule has 0 spiro atoms. The third kappa shape index (κ3) is 4.22. The van der Waals surface area contributed by atoms with Gasteiger partial charge in [0.1, 0.15) is 5.75 Å². The highest BCUT2D eigenvalue weighted by Gasteiger charge is 2.31. The smallest absolute Gasteiger partial charge is 0.254 e. The average molecular weight is 435 g/mol. The van der Waals surface area contributed by atoms with Crippen molar-refractivity contribution in [2.45, 2.75) is 11.8 Å². The molecule has 2 aromatic rings. The number of carbonyl (C=O) groups excluding carboxylic acids is 1. The third-order valence-electron chi connectivity index (χ3n) is 5.16. The van der Waals surface area contributed by atoms with E-state index in [9.17, 15) is 13.2 Å². The van der Waals surface area contributed by atoms with Crippen LogP contribution in [0.4, 0.5) is 0 Å². The molecule has 9 heteroatoms. The number of piperazine rings is 1. The molecule has 0 bridgehead atoms. The number of hydrogen-bond donors (Lipinski definition) is 0. The van der Waals surface area contributed by atoms with Crippen molar-refractivity contribution in [3.8, 4) is 17.2 Å². The van der Waals surface area contributed by atoms with E-state index in [1.165, 1.54) is 25.6 Å². The van der Waals surface area contributed by atoms with Gasteiger partial charge in [-0.25, -0.2) is 8.42 Å². The molecule has 1 aliphatic rings. The summed E-state index contributed by atoms with van der Waals surface area (Å²) in [6.45, 7) is 2.81. The normalized spacial score (nSPS) is 15.0. The number of amides is 1. The van der Waals surface area contributed by atoms with Crippen molar-refractivity contribution in [2.75, 3.05) is 47.5 Å². The molecule has 0 unspecified atom stereocenters. The highest BCUT2D eigenvalue weighted by molar-refractivity contribution is 7.89. The molecule has 1 fully saturated rings. The molecule has 0 N–H and O–H groups in total. The molecular weight excluding hydrogens is 408 g/mol. The number of carbonyl (C=O) groups is 1. The van der Waals surface area contributed by atoms with Crippen molar-refractivity contribution in [3.63, 3.8) is 0 Å². The number of hydrogen-bond acceptors (Lipinski definition) is 6. The SMILES string of the molecule is COc1ccc(S(=O)(=O)N2CCN(C(=O)c3ccc(OC)c(OC)c3)CC2)c(C)c1. The van der Waals surface area contributed by atoms with E-state index in [1.807, 2.05) is 0 Å². The van der Waals surface area contributed by atoms with Gasteiger partial charge in [0.05, 0.1) is 26.2 Å². The van der Waals surface area contributed by atoms with Crippen LogP contribution in [0.2, 0.25) is 0 Å². The zero-order valence-corrected chi connectivity index (χ0v) is 18.4. The lowest BCUT2D eigenvalue weighted by molar-refractivity contribution is 0.0697. The summed E-state index contributed by atoms with van der Waals surface area (Å²) in [7, 11) is 0.934. The zero-order chi connectivity index (χ0) is 21.9. The molecule has 1 heterocycles. The van der Waals surface area contributed by atoms with Gasteiger partial charge < -0.3 is 19.1 Å². The summed E-state index contributed by atoms with van der Waals surface area (Å²) in [6.07, 6.45) is 0. The van der Waals surface area contributed by atoms with Gasteiger partial charge in [0.15, 0.2) is 11.5 Å². The molecule has 162 valence electrons. The Kier molecular flexibility index (Phi) is 6.52. The monoisotopic (exact) mass is 434 g/mol. The highest BCUT2D eigenvalue weighted by atomic mass is 32.2. The Morgan fingerprint density at radius 1 is 0.867 bits per heavy atom. The van der Waals surface area contributed by atoms with Gasteiger partial charge >= 0.3 is 0 Å². The van der Waals surface area contributed by atoms with E-state index in [0.29, 0.717) is 41.5 Å². The molecule has 0 saturated carbocycles. The maximum atomic E-state index is 13.1. The van der Waals surface area contributed by atoms with Crippen LogP contribution in [0.5, 0.6) is 17.2 Å². The zero-order valence-electron chi connectivity index (χ0n) is 17.5. The molecule has 0 atom stereocenters. The van der Waals surface area contributed by atoms with Crippen molar-refractivity contribution in [1.82, 2.24) is 9.21 Å². The first-order chi connectivity index (χ1) is 14.3. The van der Waals surface area contributed by atoms with Crippen LogP contribution < -0.4 is 14.2 Å². The van der Waals surface area contributed by atoms with Crippen molar-refractivity contribution in [3.05, 3.63) is 47.5 Å². The minimum Gasteiger partial charge on any atom is -0.497 e. The summed E-state index contributed by atoms with van der Waals surface area (Å²) >= 11 is 0. The lowest BCUT2D eigenvalue weighted by Crippen LogP contribution is -2.50. The molecule has 30 heavy (non-hydrogen) atoms. The Morgan fingerprint density at radius 3 is 2.10 bits per heavy atom. The standard InChI is InChI=1S/C21H26N2O6S/c1-15-13-17(27-2)6-8-20(15)30(25,26)23-11-9-22(10-12-23)21(24)16-5-7-18(28-3)19(14-16)29-4/h5-8,13-14H,9-12H2,1-4H3. The second kappa shape index (κ2) is 8.93. The van der Waals surface area contributed by atoms with Gasteiger partial charge in [-0.05, 0) is 48.9 Å². The summed E-state index contributed by atoms with van der Waals surface area (Å²) in [5, 5.41) is 0. The van der Waals surface area contributed by atoms with Crippen LogP contribution >= 0.6 is 0 Å². The van der Waals surface area contributed by atoms with E-state index in [0.717, 1.165) is 0 Å². The molecule has 0 aromatic heterocycles. The molecule has 3 rings (SSSR count). The molecule has 0 radical (unpaired) electrons. The fraction of sp³-hybridized carbons (Fsp3) is 0.381. The first-order valence-corrected chi connectivity index (χ1v) is 10.9. The largest absolute Gasteiger partial charge is 0.497 e. The Morgan fingerprint density at radius 2 is 1.53 bits per heavy atom. The summed E-state index contributed by atoms with van der Waals surface area (Å²) in [6, 6.07) is 9.88. The third-order valence-corrected chi connectivity index (χ3v) is 7.22. The van der Waals surface area contributed by atoms with Crippen LogP contribution in [0.3, 0.4) is 0 Å². The van der Waals surface area contributed by atoms with Crippen LogP contribution in [0, 0.1) is 6.92 Å². The van der Waals surface area contributed by atoms with E-state index >= 15 is 0 Å². The lowest BCUT2D eigenvalue weighted by Gasteiger charge is -2.34. The maximum Gasteiger partial charge on any atom is 0.254 e. The number of nitrogens with zero attached hydrogens (tertiary/aromatic N) is 2. The Bertz CT molecular complexity index is 1030. The van der Waals surface area contributed by atoms with Gasteiger partial charge in [-0.15, -0.1) is 0 Å². The van der Waals surface area contributed by atoms with Crippen LogP contribution in [-0.2, 0) is 10.0 Å². The Balaban J connectivity index is 1.72. The summed E-state index contributed by atoms with van der Waals surface area (Å²) in [4.78, 5) is 14.8. The first kappa shape index (κ1) is 21.9. The molecule has 2 aromatic carbocycles. The second-order valence-electron chi connectivity index (χ2n) is 6.90. The summed E-state index contributed by atoms with van der Waals surface area (Å²) in [5.41, 5.74) is 1.09. The van der Waals surface area contributed by atoms with Crippen LogP contribution in [-0.4, -0.2) is 71.0 Å². The summed E-state index contributed by atoms with van der Waals surface area (Å²) < 4.78 is 43.2. The molecule has 1 amide bonds. The van der Waals surface area contributed by atoms with Crippen LogP contribution in [0.1, 0.15) is 15.9 Å². The fourth-order valence-corrected chi connectivity index (χ4v) is 5.09. The number of benzene rings is 2. The van der Waals surface area contributed by atoms with E-state index in [1.54, 1.807) is 48.2 Å². The molecular formula is C21H26N2O6S. The Hall–Kier alpha value is -2.78. The van der Waals surface area contributed by atoms with Gasteiger partial charge in [-0.2, -0.15) is 4.31 Å². The van der Waals surface area contributed by atoms with Gasteiger partial charge in [-0.1, -0.05) is 0 Å². The summed E-state index contributed by atoms with van der Waals surface area (Å²) in [5.74, 6) is 1.45. The van der Waals surface area contributed by atoms with Crippen LogP contribution in [0.15, 0.2) is 41.3 Å². The predicted octanol–water partition coefficient (Wildman–Crippen LogP) is 2.17. The van der Waals surface area contributed by atoms with E-state index < -0.39 is 10.0 Å². The minimum absolute atomic E-state index is 0.173. The van der Waals surface area contributed by atoms with Gasteiger partial charge in [0, 0.05) is 31.7 Å². The second-order valence-corrected chi connectivity index (χ2v) is 8.80. The molecule has 1 saturated heterocycles. The van der Waals surface area contributed by atoms with E-state index in [-0.39, 0.29) is 23.9 Å². The molecule has 1 aliphatic heterocycles. The topological polar surface area (TPSA) is 85.4 Å². The van der Waals surface area contributed by atoms with Crippen molar-refractivity contribution in [1.29, 1.82) is 0 Å². The fourth-order valence-electron chi connectivity index (χ4n) is 3.46. The van der Waals surface area contributed by atoms with Gasteiger partial charge in [0.25, 0.3) is 5.91 Å². The number of aryl methyl sites for hydroxylation is 1. The van der Waals surface area contributed by atoms with Gasteiger partial charge in [-0.3, -0.25) is 4.79 Å². The molecule has 8 nitrogen and oxygen atoms in total. The number of ether oxygens (including phenoxy) is 3. The highest BCUT2D eigenvalue weighted by Crippen LogP contribution is 2.29. The first-order valence-electron chi connectivity index (χ1n) is 9.48. The number of sulfonamides is 1. The lowest BCUT2D eigenvalue weighted by atomic mass is 10.1. The van der Waals surface area contributed by atoms with E-state index in [2.05, 4.69) is 0 Å². The average Bonchev–Trinajstić information content (AvgIpc) is 2.77. The van der Waals surface area contributed by atoms with Gasteiger partial charge in [0.2, 0.25) is 10.0 Å². The van der Waals surface area contributed by atoms with E-state index in [4.69, 9.17) is 14.2 Å². The van der Waals surface area contributed by atoms with Crippen molar-refractivity contribution in [2.24, 2.45) is 0 Å². The quantitative estimate of drug-likeness (QED) is 0.693. The van der Waals surface area contributed by atoms with Crippen molar-refractivity contribution < 1.29 is 27.4 Å².